The number of rotatable bonds is 18. The van der Waals surface area contributed by atoms with E-state index < -0.39 is 18.7 Å². The van der Waals surface area contributed by atoms with Gasteiger partial charge in [0.2, 0.25) is 0 Å². The average Bonchev–Trinajstić information content (AvgIpc) is 2.62. The lowest BCUT2D eigenvalue weighted by molar-refractivity contribution is -0.141. The van der Waals surface area contributed by atoms with E-state index in [1.165, 1.54) is 83.1 Å². The van der Waals surface area contributed by atoms with E-state index >= 15 is 0 Å². The Bertz CT molecular complexity index is 315. The van der Waals surface area contributed by atoms with Gasteiger partial charge < -0.3 is 14.9 Å². The van der Waals surface area contributed by atoms with E-state index in [2.05, 4.69) is 6.92 Å². The maximum atomic E-state index is 11.3. The Morgan fingerprint density at radius 3 is 1.84 bits per heavy atom. The summed E-state index contributed by atoms with van der Waals surface area (Å²) in [6.07, 6.45) is 20.5. The number of hydrogen-bond donors (Lipinski definition) is 2. The maximum Gasteiger partial charge on any atom is 0.330 e. The molecule has 0 radical (unpaired) electrons. The quantitative estimate of drug-likeness (QED) is 0.208. The summed E-state index contributed by atoms with van der Waals surface area (Å²) in [5, 5.41) is 17.7. The number of aliphatic hydroxyl groups is 2. The van der Waals surface area contributed by atoms with Crippen LogP contribution in [0.15, 0.2) is 12.2 Å². The molecule has 0 amide bonds. The number of carbonyl (C=O) groups is 1. The fraction of sp³-hybridized carbons (Fsp3) is 0.857. The van der Waals surface area contributed by atoms with Crippen molar-refractivity contribution in [3.8, 4) is 0 Å². The van der Waals surface area contributed by atoms with Crippen molar-refractivity contribution in [3.63, 3.8) is 0 Å². The van der Waals surface area contributed by atoms with Crippen molar-refractivity contribution in [3.05, 3.63) is 12.2 Å². The lowest BCUT2D eigenvalue weighted by Crippen LogP contribution is -2.21. The Balaban J connectivity index is 3.23. The van der Waals surface area contributed by atoms with Gasteiger partial charge in [-0.15, -0.1) is 0 Å². The van der Waals surface area contributed by atoms with Crippen LogP contribution in [0.4, 0.5) is 0 Å². The third-order valence-corrected chi connectivity index (χ3v) is 4.36. The Kier molecular flexibility index (Phi) is 18.8. The largest absolute Gasteiger partial charge is 0.460 e. The first-order valence-corrected chi connectivity index (χ1v) is 10.3. The number of hydrogen-bond acceptors (Lipinski definition) is 4. The summed E-state index contributed by atoms with van der Waals surface area (Å²) in [5.41, 5.74) is 0. The standard InChI is InChI=1S/C21H40O4/c1-2-3-4-5-6-7-8-9-10-11-12-13-14-15-16-17-21(24)25-19-20(23)18-22/h16-17,20,22-23H,2-15,18-19H2,1H3. The molecule has 0 aromatic carbocycles. The molecule has 0 heterocycles. The van der Waals surface area contributed by atoms with Gasteiger partial charge in [0, 0.05) is 6.08 Å². The first kappa shape index (κ1) is 24.1. The van der Waals surface area contributed by atoms with E-state index in [0.29, 0.717) is 0 Å². The van der Waals surface area contributed by atoms with E-state index in [1.807, 2.05) is 6.08 Å². The van der Waals surface area contributed by atoms with Gasteiger partial charge in [0.05, 0.1) is 6.61 Å². The molecule has 0 aromatic rings. The molecule has 0 aromatic heterocycles. The zero-order valence-electron chi connectivity index (χ0n) is 16.3. The molecule has 148 valence electrons. The topological polar surface area (TPSA) is 66.8 Å². The van der Waals surface area contributed by atoms with Crippen molar-refractivity contribution < 1.29 is 19.7 Å². The molecule has 0 spiro atoms. The summed E-state index contributed by atoms with van der Waals surface area (Å²) in [6.45, 7) is 1.71. The molecule has 0 saturated heterocycles. The molecule has 0 rings (SSSR count). The van der Waals surface area contributed by atoms with Crippen LogP contribution in [0.1, 0.15) is 96.8 Å². The van der Waals surface area contributed by atoms with Crippen molar-refractivity contribution in [2.45, 2.75) is 103 Å². The molecule has 0 aliphatic heterocycles. The number of ether oxygens (including phenoxy) is 1. The molecule has 0 bridgehead atoms. The zero-order valence-corrected chi connectivity index (χ0v) is 16.3. The van der Waals surface area contributed by atoms with Gasteiger partial charge >= 0.3 is 5.97 Å². The summed E-state index contributed by atoms with van der Waals surface area (Å²) < 4.78 is 4.78. The lowest BCUT2D eigenvalue weighted by Gasteiger charge is -2.06. The highest BCUT2D eigenvalue weighted by atomic mass is 16.5. The normalized spacial score (nSPS) is 12.6. The van der Waals surface area contributed by atoms with Crippen molar-refractivity contribution in [2.75, 3.05) is 13.2 Å². The summed E-state index contributed by atoms with van der Waals surface area (Å²) >= 11 is 0. The van der Waals surface area contributed by atoms with Crippen LogP contribution in [-0.4, -0.2) is 35.5 Å². The summed E-state index contributed by atoms with van der Waals surface area (Å²) in [7, 11) is 0. The van der Waals surface area contributed by atoms with Crippen LogP contribution in [0.3, 0.4) is 0 Å². The van der Waals surface area contributed by atoms with Crippen molar-refractivity contribution in [1.29, 1.82) is 0 Å². The van der Waals surface area contributed by atoms with E-state index in [4.69, 9.17) is 14.9 Å². The molecule has 4 nitrogen and oxygen atoms in total. The van der Waals surface area contributed by atoms with Gasteiger partial charge in [-0.05, 0) is 12.8 Å². The second kappa shape index (κ2) is 19.5. The fourth-order valence-corrected chi connectivity index (χ4v) is 2.74. The highest BCUT2D eigenvalue weighted by molar-refractivity contribution is 5.81. The maximum absolute atomic E-state index is 11.3. The van der Waals surface area contributed by atoms with E-state index in [-0.39, 0.29) is 6.61 Å². The molecule has 1 atom stereocenters. The van der Waals surface area contributed by atoms with Crippen LogP contribution in [0.2, 0.25) is 0 Å². The molecule has 25 heavy (non-hydrogen) atoms. The van der Waals surface area contributed by atoms with Crippen LogP contribution in [0.25, 0.3) is 0 Å². The second-order valence-corrected chi connectivity index (χ2v) is 6.90. The Labute approximate surface area is 154 Å². The monoisotopic (exact) mass is 356 g/mol. The summed E-state index contributed by atoms with van der Waals surface area (Å²) in [4.78, 5) is 11.3. The van der Waals surface area contributed by atoms with Gasteiger partial charge in [-0.1, -0.05) is 90.0 Å². The van der Waals surface area contributed by atoms with Crippen LogP contribution < -0.4 is 0 Å². The van der Waals surface area contributed by atoms with Gasteiger partial charge in [0.1, 0.15) is 12.7 Å². The van der Waals surface area contributed by atoms with Crippen LogP contribution >= 0.6 is 0 Å². The average molecular weight is 357 g/mol. The van der Waals surface area contributed by atoms with Crippen LogP contribution in [-0.2, 0) is 9.53 Å². The SMILES string of the molecule is CCCCCCCCCCCCCCCC=CC(=O)OCC(O)CO. The molecule has 4 heteroatoms. The van der Waals surface area contributed by atoms with E-state index in [1.54, 1.807) is 0 Å². The van der Waals surface area contributed by atoms with Gasteiger partial charge in [0.25, 0.3) is 0 Å². The first-order valence-electron chi connectivity index (χ1n) is 10.3. The van der Waals surface area contributed by atoms with Gasteiger partial charge in [0.15, 0.2) is 0 Å². The van der Waals surface area contributed by atoms with E-state index in [0.717, 1.165) is 12.8 Å². The Morgan fingerprint density at radius 1 is 0.880 bits per heavy atom. The van der Waals surface area contributed by atoms with Gasteiger partial charge in [-0.2, -0.15) is 0 Å². The summed E-state index contributed by atoms with van der Waals surface area (Å²) in [5.74, 6) is -0.456. The Morgan fingerprint density at radius 2 is 1.36 bits per heavy atom. The smallest absolute Gasteiger partial charge is 0.330 e. The molecule has 0 fully saturated rings. The third kappa shape index (κ3) is 19.3. The first-order chi connectivity index (χ1) is 12.2. The number of allylic oxidation sites excluding steroid dienone is 1. The molecule has 1 unspecified atom stereocenters. The van der Waals surface area contributed by atoms with Crippen LogP contribution in [0, 0.1) is 0 Å². The third-order valence-electron chi connectivity index (χ3n) is 4.36. The fourth-order valence-electron chi connectivity index (χ4n) is 2.74. The van der Waals surface area contributed by atoms with Crippen molar-refractivity contribution in [1.82, 2.24) is 0 Å². The van der Waals surface area contributed by atoms with Gasteiger partial charge in [-0.25, -0.2) is 4.79 Å². The predicted molar refractivity (Wildman–Crippen MR) is 104 cm³/mol. The number of aliphatic hydroxyl groups excluding tert-OH is 2. The minimum Gasteiger partial charge on any atom is -0.460 e. The Hall–Kier alpha value is -0.870. The highest BCUT2D eigenvalue weighted by Crippen LogP contribution is 2.13. The van der Waals surface area contributed by atoms with Crippen LogP contribution in [0.5, 0.6) is 0 Å². The molecular formula is C21H40O4. The van der Waals surface area contributed by atoms with Gasteiger partial charge in [-0.3, -0.25) is 0 Å². The predicted octanol–water partition coefficient (Wildman–Crippen LogP) is 4.92. The van der Waals surface area contributed by atoms with Crippen molar-refractivity contribution in [2.24, 2.45) is 0 Å². The molecular weight excluding hydrogens is 316 g/mol. The lowest BCUT2D eigenvalue weighted by atomic mass is 10.0. The molecule has 0 aliphatic carbocycles. The van der Waals surface area contributed by atoms with Crippen molar-refractivity contribution >= 4 is 5.97 Å². The number of unbranched alkanes of at least 4 members (excludes halogenated alkanes) is 13. The molecule has 2 N–H and O–H groups in total. The van der Waals surface area contributed by atoms with E-state index in [9.17, 15) is 4.79 Å². The number of carbonyl (C=O) groups excluding carboxylic acids is 1. The molecule has 0 aliphatic rings. The second-order valence-electron chi connectivity index (χ2n) is 6.90. The minimum absolute atomic E-state index is 0.154. The molecule has 0 saturated carbocycles. The highest BCUT2D eigenvalue weighted by Gasteiger charge is 2.04. The minimum atomic E-state index is -0.988. The summed E-state index contributed by atoms with van der Waals surface area (Å²) in [6, 6.07) is 0. The number of esters is 1. The zero-order chi connectivity index (χ0) is 18.6.